The summed E-state index contributed by atoms with van der Waals surface area (Å²) in [7, 11) is 3.84. The number of rotatable bonds is 6. The van der Waals surface area contributed by atoms with Crippen LogP contribution in [0.15, 0.2) is 29.3 Å². The van der Waals surface area contributed by atoms with Gasteiger partial charge in [0, 0.05) is 24.3 Å². The summed E-state index contributed by atoms with van der Waals surface area (Å²) in [6, 6.07) is 8.38. The molecule has 0 spiro atoms. The molecule has 1 aliphatic rings. The number of aliphatic imine (C=N–C) groups is 1. The minimum absolute atomic E-state index is 0. The first-order valence-electron chi connectivity index (χ1n) is 8.10. The summed E-state index contributed by atoms with van der Waals surface area (Å²) in [5.74, 6) is 1.25. The SMILES string of the molecule is COc1cccc(NC(N)=NCCN(C)C2CCCCC2)c1.I. The third kappa shape index (κ3) is 6.95. The van der Waals surface area contributed by atoms with Gasteiger partial charge in [0.1, 0.15) is 5.75 Å². The van der Waals surface area contributed by atoms with Crippen LogP contribution in [0.1, 0.15) is 32.1 Å². The minimum Gasteiger partial charge on any atom is -0.497 e. The molecule has 0 aromatic heterocycles. The molecule has 0 bridgehead atoms. The molecule has 1 aromatic rings. The van der Waals surface area contributed by atoms with Crippen LogP contribution >= 0.6 is 24.0 Å². The zero-order chi connectivity index (χ0) is 15.8. The van der Waals surface area contributed by atoms with Crippen LogP contribution in [-0.2, 0) is 0 Å². The Morgan fingerprint density at radius 1 is 1.35 bits per heavy atom. The number of nitrogens with zero attached hydrogens (tertiary/aromatic N) is 2. The van der Waals surface area contributed by atoms with E-state index in [1.54, 1.807) is 7.11 Å². The van der Waals surface area contributed by atoms with E-state index in [0.717, 1.165) is 30.6 Å². The fraction of sp³-hybridized carbons (Fsp3) is 0.588. The molecule has 0 aliphatic heterocycles. The van der Waals surface area contributed by atoms with Crippen molar-refractivity contribution in [1.29, 1.82) is 0 Å². The van der Waals surface area contributed by atoms with Crippen molar-refractivity contribution in [2.45, 2.75) is 38.1 Å². The number of guanidine groups is 1. The molecule has 2 rings (SSSR count). The monoisotopic (exact) mass is 432 g/mol. The zero-order valence-electron chi connectivity index (χ0n) is 14.1. The Kier molecular flexibility index (Phi) is 9.31. The van der Waals surface area contributed by atoms with Crippen LogP contribution < -0.4 is 15.8 Å². The average molecular weight is 432 g/mol. The molecule has 6 heteroatoms. The van der Waals surface area contributed by atoms with Gasteiger partial charge in [-0.05, 0) is 32.0 Å². The van der Waals surface area contributed by atoms with Crippen molar-refractivity contribution in [3.05, 3.63) is 24.3 Å². The maximum atomic E-state index is 5.94. The molecule has 0 radical (unpaired) electrons. The van der Waals surface area contributed by atoms with Gasteiger partial charge in [-0.3, -0.25) is 4.99 Å². The number of benzene rings is 1. The van der Waals surface area contributed by atoms with E-state index in [2.05, 4.69) is 22.3 Å². The van der Waals surface area contributed by atoms with Crippen LogP contribution in [0.5, 0.6) is 5.75 Å². The van der Waals surface area contributed by atoms with E-state index < -0.39 is 0 Å². The predicted octanol–water partition coefficient (Wildman–Crippen LogP) is 3.30. The number of methoxy groups -OCH3 is 1. The number of hydrogen-bond donors (Lipinski definition) is 2. The molecule has 0 amide bonds. The molecule has 23 heavy (non-hydrogen) atoms. The van der Waals surface area contributed by atoms with Gasteiger partial charge in [0.15, 0.2) is 5.96 Å². The van der Waals surface area contributed by atoms with E-state index in [0.29, 0.717) is 5.96 Å². The number of likely N-dealkylation sites (N-methyl/N-ethyl adjacent to an activating group) is 1. The first-order chi connectivity index (χ1) is 10.7. The first kappa shape index (κ1) is 20.0. The lowest BCUT2D eigenvalue weighted by Crippen LogP contribution is -2.35. The third-order valence-corrected chi connectivity index (χ3v) is 4.28. The Morgan fingerprint density at radius 2 is 2.09 bits per heavy atom. The van der Waals surface area contributed by atoms with E-state index >= 15 is 0 Å². The van der Waals surface area contributed by atoms with Crippen molar-refractivity contribution in [2.24, 2.45) is 10.7 Å². The number of halogens is 1. The van der Waals surface area contributed by atoms with Gasteiger partial charge in [-0.2, -0.15) is 0 Å². The van der Waals surface area contributed by atoms with Gasteiger partial charge in [-0.15, -0.1) is 24.0 Å². The number of nitrogens with one attached hydrogen (secondary N) is 1. The second kappa shape index (κ2) is 10.7. The highest BCUT2D eigenvalue weighted by atomic mass is 127. The van der Waals surface area contributed by atoms with Gasteiger partial charge < -0.3 is 20.7 Å². The van der Waals surface area contributed by atoms with E-state index in [-0.39, 0.29) is 24.0 Å². The van der Waals surface area contributed by atoms with Crippen molar-refractivity contribution < 1.29 is 4.74 Å². The van der Waals surface area contributed by atoms with Gasteiger partial charge >= 0.3 is 0 Å². The Morgan fingerprint density at radius 3 is 2.78 bits per heavy atom. The summed E-state index contributed by atoms with van der Waals surface area (Å²) in [5.41, 5.74) is 6.83. The number of anilines is 1. The summed E-state index contributed by atoms with van der Waals surface area (Å²) < 4.78 is 5.19. The van der Waals surface area contributed by atoms with E-state index in [9.17, 15) is 0 Å². The van der Waals surface area contributed by atoms with Crippen molar-refractivity contribution >= 4 is 35.6 Å². The first-order valence-corrected chi connectivity index (χ1v) is 8.10. The largest absolute Gasteiger partial charge is 0.497 e. The smallest absolute Gasteiger partial charge is 0.193 e. The van der Waals surface area contributed by atoms with Crippen molar-refractivity contribution in [3.8, 4) is 5.75 Å². The second-order valence-electron chi connectivity index (χ2n) is 5.90. The summed E-state index contributed by atoms with van der Waals surface area (Å²) in [4.78, 5) is 6.83. The quantitative estimate of drug-likeness (QED) is 0.412. The number of ether oxygens (including phenoxy) is 1. The van der Waals surface area contributed by atoms with Gasteiger partial charge in [0.2, 0.25) is 0 Å². The minimum atomic E-state index is 0. The molecule has 0 heterocycles. The second-order valence-corrected chi connectivity index (χ2v) is 5.90. The highest BCUT2D eigenvalue weighted by Crippen LogP contribution is 2.21. The maximum absolute atomic E-state index is 5.94. The van der Waals surface area contributed by atoms with Crippen LogP contribution in [0.3, 0.4) is 0 Å². The molecule has 1 aliphatic carbocycles. The lowest BCUT2D eigenvalue weighted by Gasteiger charge is -2.30. The van der Waals surface area contributed by atoms with E-state index in [4.69, 9.17) is 10.5 Å². The lowest BCUT2D eigenvalue weighted by molar-refractivity contribution is 0.196. The van der Waals surface area contributed by atoms with Crippen molar-refractivity contribution in [2.75, 3.05) is 32.6 Å². The fourth-order valence-corrected chi connectivity index (χ4v) is 2.92. The molecular weight excluding hydrogens is 403 g/mol. The van der Waals surface area contributed by atoms with Crippen molar-refractivity contribution in [1.82, 2.24) is 4.90 Å². The van der Waals surface area contributed by atoms with E-state index in [1.165, 1.54) is 32.1 Å². The highest BCUT2D eigenvalue weighted by Gasteiger charge is 2.17. The van der Waals surface area contributed by atoms with Crippen LogP contribution in [0.25, 0.3) is 0 Å². The lowest BCUT2D eigenvalue weighted by atomic mass is 9.94. The molecule has 0 saturated heterocycles. The third-order valence-electron chi connectivity index (χ3n) is 4.28. The molecule has 1 aromatic carbocycles. The molecule has 1 saturated carbocycles. The number of nitrogens with two attached hydrogens (primary N) is 1. The highest BCUT2D eigenvalue weighted by molar-refractivity contribution is 14.0. The topological polar surface area (TPSA) is 62.9 Å². The number of hydrogen-bond acceptors (Lipinski definition) is 3. The van der Waals surface area contributed by atoms with Gasteiger partial charge in [0.05, 0.1) is 13.7 Å². The zero-order valence-corrected chi connectivity index (χ0v) is 16.5. The van der Waals surface area contributed by atoms with Gasteiger partial charge in [0.25, 0.3) is 0 Å². The molecule has 130 valence electrons. The summed E-state index contributed by atoms with van der Waals surface area (Å²) in [6.07, 6.45) is 6.74. The van der Waals surface area contributed by atoms with Gasteiger partial charge in [-0.25, -0.2) is 0 Å². The fourth-order valence-electron chi connectivity index (χ4n) is 2.92. The predicted molar refractivity (Wildman–Crippen MR) is 108 cm³/mol. The van der Waals surface area contributed by atoms with Crippen LogP contribution in [0.2, 0.25) is 0 Å². The molecule has 0 atom stereocenters. The van der Waals surface area contributed by atoms with Gasteiger partial charge in [-0.1, -0.05) is 25.3 Å². The Balaban J connectivity index is 0.00000264. The molecule has 1 fully saturated rings. The molecule has 5 nitrogen and oxygen atoms in total. The molecule has 3 N–H and O–H groups in total. The van der Waals surface area contributed by atoms with Crippen LogP contribution in [0, 0.1) is 0 Å². The maximum Gasteiger partial charge on any atom is 0.193 e. The Hall–Kier alpha value is -1.02. The van der Waals surface area contributed by atoms with Crippen LogP contribution in [0.4, 0.5) is 5.69 Å². The van der Waals surface area contributed by atoms with Crippen LogP contribution in [-0.4, -0.2) is 44.1 Å². The Bertz CT molecular complexity index is 489. The van der Waals surface area contributed by atoms with Crippen molar-refractivity contribution in [3.63, 3.8) is 0 Å². The normalized spacial score (nSPS) is 16.0. The summed E-state index contributed by atoms with van der Waals surface area (Å²) >= 11 is 0. The standard InChI is InChI=1S/C17H28N4O.HI/c1-21(15-8-4-3-5-9-15)12-11-19-17(18)20-14-7-6-10-16(13-14)22-2;/h6-7,10,13,15H,3-5,8-9,11-12H2,1-2H3,(H3,18,19,20);1H. The van der Waals surface area contributed by atoms with E-state index in [1.807, 2.05) is 24.3 Å². The average Bonchev–Trinajstić information content (AvgIpc) is 2.55. The summed E-state index contributed by atoms with van der Waals surface area (Å²) in [6.45, 7) is 1.67. The Labute approximate surface area is 156 Å². The molecule has 0 unspecified atom stereocenters. The summed E-state index contributed by atoms with van der Waals surface area (Å²) in [5, 5.41) is 3.10. The molecular formula is C17H29IN4O.